The Bertz CT molecular complexity index is 780. The molecule has 3 nitrogen and oxygen atoms in total. The highest BCUT2D eigenvalue weighted by Gasteiger charge is 2.35. The van der Waals surface area contributed by atoms with Gasteiger partial charge in [0.2, 0.25) is 0 Å². The Kier molecular flexibility index (Phi) is 5.37. The maximum atomic E-state index is 13.4. The van der Waals surface area contributed by atoms with Crippen molar-refractivity contribution in [3.63, 3.8) is 0 Å². The van der Waals surface area contributed by atoms with Gasteiger partial charge in [0.25, 0.3) is 5.91 Å². The highest BCUT2D eigenvalue weighted by Crippen LogP contribution is 2.31. The normalized spacial score (nSPS) is 14.9. The summed E-state index contributed by atoms with van der Waals surface area (Å²) in [4.78, 5) is 14.5. The van der Waals surface area contributed by atoms with Crippen LogP contribution >= 0.6 is 15.9 Å². The lowest BCUT2D eigenvalue weighted by molar-refractivity contribution is -0.139. The Labute approximate surface area is 153 Å². The third kappa shape index (κ3) is 4.57. The smallest absolute Gasteiger partial charge is 0.263 e. The molecule has 2 aromatic rings. The number of ether oxygens (including phenoxy) is 1. The molecule has 1 fully saturated rings. The van der Waals surface area contributed by atoms with E-state index in [1.165, 1.54) is 30.3 Å². The first-order chi connectivity index (χ1) is 11.9. The predicted octanol–water partition coefficient (Wildman–Crippen LogP) is 4.69. The van der Waals surface area contributed by atoms with Crippen LogP contribution in [0.5, 0.6) is 5.75 Å². The minimum atomic E-state index is -0.726. The van der Waals surface area contributed by atoms with Gasteiger partial charge in [0.05, 0.1) is 4.47 Å². The van der Waals surface area contributed by atoms with Crippen molar-refractivity contribution in [2.75, 3.05) is 0 Å². The van der Waals surface area contributed by atoms with Gasteiger partial charge in [-0.2, -0.15) is 0 Å². The molecule has 1 atom stereocenters. The molecule has 0 aliphatic heterocycles. The van der Waals surface area contributed by atoms with Crippen LogP contribution in [-0.2, 0) is 11.3 Å². The van der Waals surface area contributed by atoms with Gasteiger partial charge in [0.15, 0.2) is 6.10 Å². The Morgan fingerprint density at radius 2 is 1.96 bits per heavy atom. The molecule has 1 saturated carbocycles. The van der Waals surface area contributed by atoms with Gasteiger partial charge in [-0.15, -0.1) is 0 Å². The Morgan fingerprint density at radius 1 is 1.24 bits per heavy atom. The van der Waals surface area contributed by atoms with E-state index in [4.69, 9.17) is 4.74 Å². The lowest BCUT2D eigenvalue weighted by Crippen LogP contribution is -2.41. The molecule has 3 rings (SSSR count). The maximum absolute atomic E-state index is 13.4. The molecule has 0 spiro atoms. The number of carbonyl (C=O) groups excluding carboxylic acids is 1. The zero-order valence-electron chi connectivity index (χ0n) is 13.7. The molecule has 0 heterocycles. The zero-order chi connectivity index (χ0) is 18.0. The second-order valence-electron chi connectivity index (χ2n) is 6.16. The lowest BCUT2D eigenvalue weighted by Gasteiger charge is -2.26. The molecule has 1 unspecified atom stereocenters. The molecule has 1 amide bonds. The standard InChI is InChI=1S/C19H18BrF2NO2/c1-12(25-18-8-5-15(22)10-17(18)20)19(24)23(16-6-7-16)11-13-3-2-4-14(21)9-13/h2-5,8-10,12,16H,6-7,11H2,1H3. The van der Waals surface area contributed by atoms with E-state index >= 15 is 0 Å². The molecular formula is C19H18BrF2NO2. The van der Waals surface area contributed by atoms with Crippen LogP contribution in [0, 0.1) is 11.6 Å². The van der Waals surface area contributed by atoms with E-state index < -0.39 is 6.10 Å². The van der Waals surface area contributed by atoms with Crippen molar-refractivity contribution in [2.24, 2.45) is 0 Å². The number of rotatable bonds is 6. The first-order valence-corrected chi connectivity index (χ1v) is 8.90. The minimum Gasteiger partial charge on any atom is -0.480 e. The molecule has 1 aliphatic carbocycles. The third-order valence-corrected chi connectivity index (χ3v) is 4.68. The van der Waals surface area contributed by atoms with Crippen LogP contribution in [0.3, 0.4) is 0 Å². The maximum Gasteiger partial charge on any atom is 0.263 e. The van der Waals surface area contributed by atoms with E-state index in [-0.39, 0.29) is 23.6 Å². The van der Waals surface area contributed by atoms with E-state index in [0.29, 0.717) is 16.8 Å². The van der Waals surface area contributed by atoms with Gasteiger partial charge in [-0.05, 0) is 71.6 Å². The van der Waals surface area contributed by atoms with E-state index in [1.54, 1.807) is 24.0 Å². The SMILES string of the molecule is CC(Oc1ccc(F)cc1Br)C(=O)N(Cc1cccc(F)c1)C1CC1. The molecule has 0 aromatic heterocycles. The summed E-state index contributed by atoms with van der Waals surface area (Å²) in [5.74, 6) is -0.462. The largest absolute Gasteiger partial charge is 0.480 e. The van der Waals surface area contributed by atoms with Crippen LogP contribution in [0.2, 0.25) is 0 Å². The van der Waals surface area contributed by atoms with Gasteiger partial charge >= 0.3 is 0 Å². The summed E-state index contributed by atoms with van der Waals surface area (Å²) >= 11 is 3.23. The van der Waals surface area contributed by atoms with Gasteiger partial charge in [0, 0.05) is 12.6 Å². The van der Waals surface area contributed by atoms with Crippen molar-refractivity contribution in [3.8, 4) is 5.75 Å². The highest BCUT2D eigenvalue weighted by molar-refractivity contribution is 9.10. The van der Waals surface area contributed by atoms with Crippen LogP contribution < -0.4 is 4.74 Å². The molecule has 1 aliphatic rings. The van der Waals surface area contributed by atoms with Gasteiger partial charge in [-0.3, -0.25) is 4.79 Å². The van der Waals surface area contributed by atoms with Crippen molar-refractivity contribution in [3.05, 3.63) is 64.1 Å². The van der Waals surface area contributed by atoms with E-state index in [9.17, 15) is 13.6 Å². The molecule has 2 aromatic carbocycles. The lowest BCUT2D eigenvalue weighted by atomic mass is 10.2. The topological polar surface area (TPSA) is 29.5 Å². The van der Waals surface area contributed by atoms with Gasteiger partial charge in [-0.25, -0.2) is 8.78 Å². The quantitative estimate of drug-likeness (QED) is 0.692. The van der Waals surface area contributed by atoms with Gasteiger partial charge in [0.1, 0.15) is 17.4 Å². The fourth-order valence-corrected chi connectivity index (χ4v) is 3.09. The van der Waals surface area contributed by atoms with Crippen LogP contribution in [0.25, 0.3) is 0 Å². The highest BCUT2D eigenvalue weighted by atomic mass is 79.9. The number of hydrogen-bond donors (Lipinski definition) is 0. The van der Waals surface area contributed by atoms with Gasteiger partial charge < -0.3 is 9.64 Å². The van der Waals surface area contributed by atoms with Crippen LogP contribution in [-0.4, -0.2) is 23.0 Å². The first-order valence-electron chi connectivity index (χ1n) is 8.10. The third-order valence-electron chi connectivity index (χ3n) is 4.06. The fourth-order valence-electron chi connectivity index (χ4n) is 2.65. The Morgan fingerprint density at radius 3 is 2.60 bits per heavy atom. The summed E-state index contributed by atoms with van der Waals surface area (Å²) in [6.45, 7) is 2.01. The van der Waals surface area contributed by atoms with E-state index in [0.717, 1.165) is 18.4 Å². The summed E-state index contributed by atoms with van der Waals surface area (Å²) in [5, 5.41) is 0. The fraction of sp³-hybridized carbons (Fsp3) is 0.316. The predicted molar refractivity (Wildman–Crippen MR) is 94.2 cm³/mol. The number of nitrogens with zero attached hydrogens (tertiary/aromatic N) is 1. The second-order valence-corrected chi connectivity index (χ2v) is 7.02. The minimum absolute atomic E-state index is 0.164. The van der Waals surface area contributed by atoms with Crippen molar-refractivity contribution < 1.29 is 18.3 Å². The Balaban J connectivity index is 1.71. The molecule has 0 N–H and O–H groups in total. The van der Waals surface area contributed by atoms with Crippen molar-refractivity contribution in [1.29, 1.82) is 0 Å². The number of benzene rings is 2. The van der Waals surface area contributed by atoms with Crippen LogP contribution in [0.4, 0.5) is 8.78 Å². The molecule has 132 valence electrons. The average Bonchev–Trinajstić information content (AvgIpc) is 3.39. The van der Waals surface area contributed by atoms with Crippen molar-refractivity contribution in [1.82, 2.24) is 4.90 Å². The summed E-state index contributed by atoms with van der Waals surface area (Å²) in [6, 6.07) is 10.5. The Hall–Kier alpha value is -1.95. The van der Waals surface area contributed by atoms with Crippen molar-refractivity contribution >= 4 is 21.8 Å². The van der Waals surface area contributed by atoms with Crippen molar-refractivity contribution in [2.45, 2.75) is 38.5 Å². The summed E-state index contributed by atoms with van der Waals surface area (Å²) < 4.78 is 32.7. The number of hydrogen-bond acceptors (Lipinski definition) is 2. The molecule has 25 heavy (non-hydrogen) atoms. The van der Waals surface area contributed by atoms with E-state index in [2.05, 4.69) is 15.9 Å². The molecular weight excluding hydrogens is 392 g/mol. The number of carbonyl (C=O) groups is 1. The monoisotopic (exact) mass is 409 g/mol. The average molecular weight is 410 g/mol. The number of amides is 1. The number of halogens is 3. The second kappa shape index (κ2) is 7.52. The molecule has 0 bridgehead atoms. The van der Waals surface area contributed by atoms with Crippen LogP contribution in [0.15, 0.2) is 46.9 Å². The van der Waals surface area contributed by atoms with Gasteiger partial charge in [-0.1, -0.05) is 12.1 Å². The molecule has 6 heteroatoms. The van der Waals surface area contributed by atoms with E-state index in [1.807, 2.05) is 0 Å². The molecule has 0 saturated heterocycles. The summed E-state index contributed by atoms with van der Waals surface area (Å²) in [7, 11) is 0. The molecule has 0 radical (unpaired) electrons. The summed E-state index contributed by atoms with van der Waals surface area (Å²) in [5.41, 5.74) is 0.746. The summed E-state index contributed by atoms with van der Waals surface area (Å²) in [6.07, 6.45) is 1.15. The zero-order valence-corrected chi connectivity index (χ0v) is 15.3. The van der Waals surface area contributed by atoms with Crippen LogP contribution in [0.1, 0.15) is 25.3 Å². The first kappa shape index (κ1) is 17.9.